The Balaban J connectivity index is 2.91. The van der Waals surface area contributed by atoms with Crippen molar-refractivity contribution in [3.8, 4) is 0 Å². The molecule has 5 heteroatoms. The van der Waals surface area contributed by atoms with E-state index >= 15 is 0 Å². The Morgan fingerprint density at radius 1 is 1.47 bits per heavy atom. The summed E-state index contributed by atoms with van der Waals surface area (Å²) < 4.78 is 1.39. The number of nitrogens with zero attached hydrogens (tertiary/aromatic N) is 1. The lowest BCUT2D eigenvalue weighted by atomic mass is 10.3. The highest BCUT2D eigenvalue weighted by Gasteiger charge is 2.01. The van der Waals surface area contributed by atoms with Gasteiger partial charge in [-0.2, -0.15) is 0 Å². The Kier molecular flexibility index (Phi) is 3.62. The molecule has 1 rings (SSSR count). The van der Waals surface area contributed by atoms with Gasteiger partial charge in [-0.3, -0.25) is 4.79 Å². The first-order chi connectivity index (χ1) is 7.00. The number of carbonyl (C=O) groups excluding carboxylic acids is 1. The molecule has 0 aliphatic heterocycles. The molecule has 1 N–H and O–H groups in total. The smallest absolute Gasteiger partial charge is 0.250 e. The Morgan fingerprint density at radius 2 is 2.13 bits per heavy atom. The maximum absolute atomic E-state index is 11.3. The number of hydrogen-bond donors (Lipinski definition) is 1. The van der Waals surface area contributed by atoms with E-state index < -0.39 is 5.97 Å². The van der Waals surface area contributed by atoms with Crippen molar-refractivity contribution in [2.24, 2.45) is 0 Å². The van der Waals surface area contributed by atoms with Crippen LogP contribution in [-0.2, 0) is 6.54 Å². The third-order valence-corrected chi connectivity index (χ3v) is 2.07. The summed E-state index contributed by atoms with van der Waals surface area (Å²) in [6, 6.07) is 2.51. The second-order valence-electron chi connectivity index (χ2n) is 3.69. The highest BCUT2D eigenvalue weighted by atomic mass is 16.4. The molecule has 0 saturated heterocycles. The van der Waals surface area contributed by atoms with Crippen molar-refractivity contribution >= 4 is 5.97 Å². The minimum absolute atomic E-state index is 0.0309. The number of likely N-dealkylation sites (N-methyl/N-ethyl adjacent to an activating group) is 1. The molecule has 0 fully saturated rings. The van der Waals surface area contributed by atoms with Crippen LogP contribution in [0.1, 0.15) is 10.4 Å². The molecule has 1 aromatic heterocycles. The van der Waals surface area contributed by atoms with Crippen molar-refractivity contribution in [2.45, 2.75) is 6.54 Å². The van der Waals surface area contributed by atoms with Crippen LogP contribution in [0.3, 0.4) is 0 Å². The lowest BCUT2D eigenvalue weighted by Crippen LogP contribution is -3.06. The zero-order valence-corrected chi connectivity index (χ0v) is 8.82. The summed E-state index contributed by atoms with van der Waals surface area (Å²) in [6.07, 6.45) is 1.32. The molecule has 0 bridgehead atoms. The van der Waals surface area contributed by atoms with Crippen molar-refractivity contribution in [3.63, 3.8) is 0 Å². The molecule has 5 nitrogen and oxygen atoms in total. The number of quaternary nitrogens is 1. The molecule has 0 aliphatic rings. The Labute approximate surface area is 87.6 Å². The van der Waals surface area contributed by atoms with Crippen LogP contribution < -0.4 is 15.6 Å². The molecule has 1 aromatic rings. The average molecular weight is 210 g/mol. The van der Waals surface area contributed by atoms with E-state index in [-0.39, 0.29) is 11.1 Å². The Morgan fingerprint density at radius 3 is 2.67 bits per heavy atom. The van der Waals surface area contributed by atoms with Gasteiger partial charge in [0.25, 0.3) is 5.56 Å². The normalized spacial score (nSPS) is 10.6. The summed E-state index contributed by atoms with van der Waals surface area (Å²) in [5, 5.41) is 10.6. The number of hydrogen-bond acceptors (Lipinski definition) is 3. The number of pyridine rings is 1. The fraction of sp³-hybridized carbons (Fsp3) is 0.400. The number of carboxylic acid groups (broad SMARTS) is 1. The Hall–Kier alpha value is -1.62. The van der Waals surface area contributed by atoms with E-state index in [1.165, 1.54) is 27.8 Å². The van der Waals surface area contributed by atoms with Crippen LogP contribution in [0.5, 0.6) is 0 Å². The molecule has 0 radical (unpaired) electrons. The molecule has 15 heavy (non-hydrogen) atoms. The van der Waals surface area contributed by atoms with Crippen molar-refractivity contribution in [1.82, 2.24) is 4.57 Å². The molecule has 0 aromatic carbocycles. The highest BCUT2D eigenvalue weighted by molar-refractivity contribution is 5.85. The van der Waals surface area contributed by atoms with Crippen LogP contribution in [0.4, 0.5) is 0 Å². The minimum Gasteiger partial charge on any atom is -0.545 e. The first kappa shape index (κ1) is 11.5. The van der Waals surface area contributed by atoms with Gasteiger partial charge in [-0.25, -0.2) is 0 Å². The molecular weight excluding hydrogens is 196 g/mol. The number of aromatic carboxylic acids is 1. The maximum Gasteiger partial charge on any atom is 0.250 e. The quantitative estimate of drug-likeness (QED) is 0.590. The predicted molar refractivity (Wildman–Crippen MR) is 52.7 cm³/mol. The molecule has 82 valence electrons. The lowest BCUT2D eigenvalue weighted by molar-refractivity contribution is -0.858. The minimum atomic E-state index is -1.26. The molecular formula is C10H14N2O3. The molecule has 0 amide bonds. The van der Waals surface area contributed by atoms with E-state index in [0.717, 1.165) is 6.54 Å². The summed E-state index contributed by atoms with van der Waals surface area (Å²) in [5.41, 5.74) is -0.162. The predicted octanol–water partition coefficient (Wildman–Crippen LogP) is -2.64. The largest absolute Gasteiger partial charge is 0.545 e. The van der Waals surface area contributed by atoms with Crippen LogP contribution in [0, 0.1) is 0 Å². The van der Waals surface area contributed by atoms with Crippen molar-refractivity contribution in [3.05, 3.63) is 34.2 Å². The van der Waals surface area contributed by atoms with Gasteiger partial charge in [-0.15, -0.1) is 0 Å². The fourth-order valence-corrected chi connectivity index (χ4v) is 1.17. The summed E-state index contributed by atoms with van der Waals surface area (Å²) in [7, 11) is 3.93. The van der Waals surface area contributed by atoms with E-state index in [4.69, 9.17) is 0 Å². The van der Waals surface area contributed by atoms with Crippen LogP contribution in [-0.4, -0.2) is 31.2 Å². The van der Waals surface area contributed by atoms with Gasteiger partial charge in [0.15, 0.2) is 0 Å². The van der Waals surface area contributed by atoms with Gasteiger partial charge in [0.05, 0.1) is 33.2 Å². The standard InChI is InChI=1S/C10H14N2O3/c1-11(2)5-6-12-7-8(10(14)15)3-4-9(12)13/h3-4,7H,5-6H2,1-2H3,(H,14,15). The number of carboxylic acids is 1. The zero-order valence-electron chi connectivity index (χ0n) is 8.82. The highest BCUT2D eigenvalue weighted by Crippen LogP contribution is 1.92. The van der Waals surface area contributed by atoms with Gasteiger partial charge in [0.1, 0.15) is 0 Å². The SMILES string of the molecule is C[NH+](C)CCn1cc(C(=O)[O-])ccc1=O. The van der Waals surface area contributed by atoms with Crippen LogP contribution in [0.25, 0.3) is 0 Å². The Bertz CT molecular complexity index is 409. The van der Waals surface area contributed by atoms with Gasteiger partial charge in [0, 0.05) is 17.8 Å². The third-order valence-electron chi connectivity index (χ3n) is 2.07. The molecule has 1 heterocycles. The van der Waals surface area contributed by atoms with E-state index in [0.29, 0.717) is 6.54 Å². The topological polar surface area (TPSA) is 66.6 Å². The molecule has 0 aliphatic carbocycles. The van der Waals surface area contributed by atoms with Crippen molar-refractivity contribution in [1.29, 1.82) is 0 Å². The maximum atomic E-state index is 11.3. The summed E-state index contributed by atoms with van der Waals surface area (Å²) in [6.45, 7) is 1.26. The van der Waals surface area contributed by atoms with Crippen molar-refractivity contribution in [2.75, 3.05) is 20.6 Å². The zero-order chi connectivity index (χ0) is 11.4. The van der Waals surface area contributed by atoms with Crippen molar-refractivity contribution < 1.29 is 14.8 Å². The molecule has 0 spiro atoms. The lowest BCUT2D eigenvalue weighted by Gasteiger charge is -2.10. The van der Waals surface area contributed by atoms with Crippen LogP contribution >= 0.6 is 0 Å². The summed E-state index contributed by atoms with van der Waals surface area (Å²) in [4.78, 5) is 23.1. The van der Waals surface area contributed by atoms with Gasteiger partial charge in [-0.05, 0) is 6.07 Å². The fourth-order valence-electron chi connectivity index (χ4n) is 1.17. The molecule has 0 saturated carbocycles. The summed E-state index contributed by atoms with van der Waals surface area (Å²) >= 11 is 0. The van der Waals surface area contributed by atoms with Gasteiger partial charge in [0.2, 0.25) is 0 Å². The number of rotatable bonds is 4. The molecule has 0 atom stereocenters. The average Bonchev–Trinajstić information content (AvgIpc) is 2.16. The van der Waals surface area contributed by atoms with Crippen LogP contribution in [0.2, 0.25) is 0 Å². The van der Waals surface area contributed by atoms with E-state index in [1.54, 1.807) is 0 Å². The van der Waals surface area contributed by atoms with Gasteiger partial charge >= 0.3 is 0 Å². The molecule has 0 unspecified atom stereocenters. The first-order valence-corrected chi connectivity index (χ1v) is 4.71. The summed E-state index contributed by atoms with van der Waals surface area (Å²) in [5.74, 6) is -1.26. The number of carbonyl (C=O) groups is 1. The third kappa shape index (κ3) is 3.21. The second kappa shape index (κ2) is 4.75. The van der Waals surface area contributed by atoms with E-state index in [9.17, 15) is 14.7 Å². The van der Waals surface area contributed by atoms with Crippen LogP contribution in [0.15, 0.2) is 23.1 Å². The van der Waals surface area contributed by atoms with Gasteiger partial charge < -0.3 is 19.4 Å². The number of nitrogens with one attached hydrogen (secondary N) is 1. The second-order valence-corrected chi connectivity index (χ2v) is 3.69. The van der Waals surface area contributed by atoms with E-state index in [1.807, 2.05) is 14.1 Å². The first-order valence-electron chi connectivity index (χ1n) is 4.71. The van der Waals surface area contributed by atoms with Gasteiger partial charge in [-0.1, -0.05) is 0 Å². The number of aromatic nitrogens is 1. The monoisotopic (exact) mass is 210 g/mol. The van der Waals surface area contributed by atoms with E-state index in [2.05, 4.69) is 0 Å².